The van der Waals surface area contributed by atoms with Gasteiger partial charge in [-0.15, -0.1) is 0 Å². The van der Waals surface area contributed by atoms with Crippen LogP contribution >= 0.6 is 0 Å². The summed E-state index contributed by atoms with van der Waals surface area (Å²) in [4.78, 5) is 51.7. The summed E-state index contributed by atoms with van der Waals surface area (Å²) < 4.78 is 4.94. The maximum absolute atomic E-state index is 12.8. The highest BCUT2D eigenvalue weighted by Gasteiger charge is 2.40. The average Bonchev–Trinajstić information content (AvgIpc) is 3.23. The fourth-order valence-corrected chi connectivity index (χ4v) is 4.07. The number of nitro benzene ring substituents is 1. The van der Waals surface area contributed by atoms with Gasteiger partial charge >= 0.3 is 11.9 Å². The monoisotopic (exact) mass is 439 g/mol. The van der Waals surface area contributed by atoms with E-state index in [1.165, 1.54) is 36.4 Å². The Balaban J connectivity index is 2.25. The summed E-state index contributed by atoms with van der Waals surface area (Å²) in [5.41, 5.74) is 1.17. The summed E-state index contributed by atoms with van der Waals surface area (Å²) in [5, 5.41) is 21.6. The minimum absolute atomic E-state index is 0.0675. The fraction of sp³-hybridized carbons (Fsp3) is 0.227. The minimum atomic E-state index is -1.34. The topological polar surface area (TPSA) is 143 Å². The molecule has 0 spiro atoms. The van der Waals surface area contributed by atoms with Crippen LogP contribution in [0.25, 0.3) is 0 Å². The van der Waals surface area contributed by atoms with Gasteiger partial charge in [-0.25, -0.2) is 9.59 Å². The second-order valence-corrected chi connectivity index (χ2v) is 7.17. The Kier molecular flexibility index (Phi) is 6.24. The number of benzene rings is 1. The number of hydrogen-bond acceptors (Lipinski definition) is 7. The number of carboxylic acids is 1. The number of carbonyl (C=O) groups excluding carboxylic acids is 2. The van der Waals surface area contributed by atoms with Gasteiger partial charge in [0.15, 0.2) is 12.3 Å². The first kappa shape index (κ1) is 22.5. The van der Waals surface area contributed by atoms with Crippen molar-refractivity contribution in [2.75, 3.05) is 7.11 Å². The molecule has 32 heavy (non-hydrogen) atoms. The van der Waals surface area contributed by atoms with Gasteiger partial charge in [0.05, 0.1) is 23.3 Å². The molecule has 1 aliphatic rings. The lowest BCUT2D eigenvalue weighted by Crippen LogP contribution is -2.37. The van der Waals surface area contributed by atoms with E-state index in [0.717, 1.165) is 0 Å². The van der Waals surface area contributed by atoms with Crippen LogP contribution in [-0.4, -0.2) is 45.2 Å². The number of allylic oxidation sites excluding steroid dienone is 3. The maximum atomic E-state index is 12.8. The van der Waals surface area contributed by atoms with Crippen molar-refractivity contribution in [3.05, 3.63) is 86.5 Å². The Morgan fingerprint density at radius 1 is 1.28 bits per heavy atom. The zero-order chi connectivity index (χ0) is 23.6. The molecule has 2 heterocycles. The molecule has 1 aromatic carbocycles. The van der Waals surface area contributed by atoms with Crippen molar-refractivity contribution in [3.63, 3.8) is 0 Å². The quantitative estimate of drug-likeness (QED) is 0.289. The van der Waals surface area contributed by atoms with Crippen LogP contribution in [0.4, 0.5) is 5.69 Å². The van der Waals surface area contributed by atoms with Crippen LogP contribution in [0.15, 0.2) is 59.6 Å². The summed E-state index contributed by atoms with van der Waals surface area (Å²) in [6.07, 6.45) is 3.58. The second kappa shape index (κ2) is 8.88. The van der Waals surface area contributed by atoms with Gasteiger partial charge in [-0.3, -0.25) is 14.9 Å². The van der Waals surface area contributed by atoms with Crippen molar-refractivity contribution in [1.82, 2.24) is 9.88 Å². The molecule has 2 atom stereocenters. The molecule has 0 radical (unpaired) electrons. The first-order valence-corrected chi connectivity index (χ1v) is 9.58. The average molecular weight is 439 g/mol. The molecule has 3 rings (SSSR count). The molecule has 2 aromatic rings. The van der Waals surface area contributed by atoms with Gasteiger partial charge in [-0.2, -0.15) is 0 Å². The molecular weight excluding hydrogens is 418 g/mol. The Morgan fingerprint density at radius 2 is 1.97 bits per heavy atom. The summed E-state index contributed by atoms with van der Waals surface area (Å²) >= 11 is 0. The van der Waals surface area contributed by atoms with Gasteiger partial charge in [-0.1, -0.05) is 24.3 Å². The smallest absolute Gasteiger partial charge is 0.336 e. The normalized spacial score (nSPS) is 16.9. The first-order chi connectivity index (χ1) is 15.2. The van der Waals surface area contributed by atoms with E-state index in [-0.39, 0.29) is 33.8 Å². The van der Waals surface area contributed by atoms with Gasteiger partial charge in [0.25, 0.3) is 5.69 Å². The fourth-order valence-electron chi connectivity index (χ4n) is 4.07. The zero-order valence-corrected chi connectivity index (χ0v) is 17.6. The van der Waals surface area contributed by atoms with E-state index < -0.39 is 28.8 Å². The highest BCUT2D eigenvalue weighted by Crippen LogP contribution is 2.43. The van der Waals surface area contributed by atoms with Crippen LogP contribution < -0.4 is 0 Å². The van der Waals surface area contributed by atoms with Gasteiger partial charge in [0.2, 0.25) is 0 Å². The lowest BCUT2D eigenvalue weighted by atomic mass is 9.84. The molecule has 1 aliphatic heterocycles. The number of ether oxygens (including phenoxy) is 1. The predicted molar refractivity (Wildman–Crippen MR) is 113 cm³/mol. The third-order valence-electron chi connectivity index (χ3n) is 5.43. The standard InChI is InChI=1S/C22H21N3O7/c1-12-10-16(15-6-4-5-7-17(15)25(30)31)18(22(29)32-3)13(2)24(12)20(21(27)28)19-14(11-26)8-9-23-19/h4-11,16,20,23H,1-3H3,(H,27,28). The zero-order valence-electron chi connectivity index (χ0n) is 17.6. The Morgan fingerprint density at radius 3 is 2.56 bits per heavy atom. The number of aldehydes is 1. The summed E-state index contributed by atoms with van der Waals surface area (Å²) in [6.45, 7) is 3.18. The lowest BCUT2D eigenvalue weighted by Gasteiger charge is -2.38. The van der Waals surface area contributed by atoms with E-state index in [4.69, 9.17) is 4.74 Å². The third-order valence-corrected chi connectivity index (χ3v) is 5.43. The number of carbonyl (C=O) groups is 3. The number of hydrogen-bond donors (Lipinski definition) is 2. The Hall–Kier alpha value is -4.21. The number of nitrogens with zero attached hydrogens (tertiary/aromatic N) is 2. The molecule has 10 nitrogen and oxygen atoms in total. The van der Waals surface area contributed by atoms with E-state index in [0.29, 0.717) is 12.0 Å². The second-order valence-electron chi connectivity index (χ2n) is 7.17. The number of aromatic amines is 1. The van der Waals surface area contributed by atoms with E-state index in [1.807, 2.05) is 0 Å². The molecule has 1 aromatic heterocycles. The SMILES string of the molecule is COC(=O)C1=C(C)N(C(C(=O)O)c2[nH]ccc2C=O)C(C)=CC1c1ccccc1[N+](=O)[O-]. The number of nitrogens with one attached hydrogen (secondary N) is 1. The van der Waals surface area contributed by atoms with Crippen LogP contribution in [0.5, 0.6) is 0 Å². The number of esters is 1. The molecule has 2 N–H and O–H groups in total. The highest BCUT2D eigenvalue weighted by atomic mass is 16.6. The van der Waals surface area contributed by atoms with E-state index in [1.54, 1.807) is 32.1 Å². The number of H-pyrrole nitrogens is 1. The molecule has 0 aliphatic carbocycles. The number of methoxy groups -OCH3 is 1. The molecule has 2 unspecified atom stereocenters. The van der Waals surface area contributed by atoms with Crippen molar-refractivity contribution < 1.29 is 29.2 Å². The number of carboxylic acid groups (broad SMARTS) is 1. The molecule has 0 amide bonds. The Labute approximate surface area is 182 Å². The van der Waals surface area contributed by atoms with Gasteiger partial charge in [0.1, 0.15) is 0 Å². The number of para-hydroxylation sites is 1. The molecule has 0 fully saturated rings. The largest absolute Gasteiger partial charge is 0.479 e. The van der Waals surface area contributed by atoms with E-state index in [9.17, 15) is 29.6 Å². The van der Waals surface area contributed by atoms with Crippen molar-refractivity contribution in [3.8, 4) is 0 Å². The summed E-state index contributed by atoms with van der Waals surface area (Å²) in [6, 6.07) is 6.14. The molecule has 166 valence electrons. The van der Waals surface area contributed by atoms with Gasteiger partial charge in [-0.05, 0) is 19.9 Å². The van der Waals surface area contributed by atoms with Crippen molar-refractivity contribution in [2.45, 2.75) is 25.8 Å². The molecule has 10 heteroatoms. The summed E-state index contributed by atoms with van der Waals surface area (Å²) in [5.74, 6) is -2.83. The van der Waals surface area contributed by atoms with E-state index >= 15 is 0 Å². The number of nitro groups is 1. The molecule has 0 saturated heterocycles. The van der Waals surface area contributed by atoms with Gasteiger partial charge in [0, 0.05) is 40.7 Å². The van der Waals surface area contributed by atoms with Gasteiger partial charge < -0.3 is 19.7 Å². The maximum Gasteiger partial charge on any atom is 0.336 e. The van der Waals surface area contributed by atoms with E-state index in [2.05, 4.69) is 4.98 Å². The number of aromatic nitrogens is 1. The molecule has 0 saturated carbocycles. The van der Waals surface area contributed by atoms with Crippen molar-refractivity contribution in [1.29, 1.82) is 0 Å². The lowest BCUT2D eigenvalue weighted by molar-refractivity contribution is -0.385. The van der Waals surface area contributed by atoms with Crippen LogP contribution in [0.2, 0.25) is 0 Å². The number of aliphatic carboxylic acids is 1. The number of rotatable bonds is 7. The third kappa shape index (κ3) is 3.78. The minimum Gasteiger partial charge on any atom is -0.479 e. The Bertz CT molecular complexity index is 1160. The predicted octanol–water partition coefficient (Wildman–Crippen LogP) is 3.31. The highest BCUT2D eigenvalue weighted by molar-refractivity contribution is 5.93. The summed E-state index contributed by atoms with van der Waals surface area (Å²) in [7, 11) is 1.18. The first-order valence-electron chi connectivity index (χ1n) is 9.58. The van der Waals surface area contributed by atoms with Crippen LogP contribution in [-0.2, 0) is 14.3 Å². The molecule has 0 bridgehead atoms. The van der Waals surface area contributed by atoms with Crippen LogP contribution in [0, 0.1) is 10.1 Å². The molecular formula is C22H21N3O7. The van der Waals surface area contributed by atoms with Crippen LogP contribution in [0.3, 0.4) is 0 Å². The van der Waals surface area contributed by atoms with Crippen molar-refractivity contribution >= 4 is 23.9 Å². The van der Waals surface area contributed by atoms with Crippen molar-refractivity contribution in [2.24, 2.45) is 0 Å². The van der Waals surface area contributed by atoms with Crippen LogP contribution in [0.1, 0.15) is 47.4 Å².